The second-order valence-electron chi connectivity index (χ2n) is 7.01. The Morgan fingerprint density at radius 2 is 1.88 bits per heavy atom. The van der Waals surface area contributed by atoms with E-state index in [1.165, 1.54) is 4.68 Å². The molecule has 0 bridgehead atoms. The molecule has 0 aliphatic heterocycles. The SMILES string of the molecule is COc1cc(C=Nn2c(C)nc3ccc(Br)cc3c2=O)ccc1OCc1ccc(Cl)cc1. The van der Waals surface area contributed by atoms with Gasteiger partial charge in [0, 0.05) is 9.50 Å². The number of aromatic nitrogens is 2. The van der Waals surface area contributed by atoms with E-state index in [0.29, 0.717) is 39.9 Å². The minimum absolute atomic E-state index is 0.236. The van der Waals surface area contributed by atoms with E-state index in [0.717, 1.165) is 15.6 Å². The van der Waals surface area contributed by atoms with Crippen molar-refractivity contribution in [1.29, 1.82) is 0 Å². The van der Waals surface area contributed by atoms with Gasteiger partial charge in [-0.05, 0) is 66.6 Å². The number of nitrogens with zero attached hydrogens (tertiary/aromatic N) is 3. The van der Waals surface area contributed by atoms with E-state index in [1.807, 2.05) is 42.5 Å². The number of methoxy groups -OCH3 is 1. The molecule has 0 radical (unpaired) electrons. The van der Waals surface area contributed by atoms with Crippen molar-refractivity contribution in [3.05, 3.63) is 97.5 Å². The molecule has 4 rings (SSSR count). The Morgan fingerprint density at radius 3 is 2.62 bits per heavy atom. The summed E-state index contributed by atoms with van der Waals surface area (Å²) in [6, 6.07) is 18.3. The largest absolute Gasteiger partial charge is 0.493 e. The minimum atomic E-state index is -0.236. The van der Waals surface area contributed by atoms with Crippen molar-refractivity contribution in [2.45, 2.75) is 13.5 Å². The molecule has 1 heterocycles. The number of ether oxygens (including phenoxy) is 2. The van der Waals surface area contributed by atoms with Crippen LogP contribution in [-0.4, -0.2) is 23.0 Å². The van der Waals surface area contributed by atoms with Gasteiger partial charge in [-0.1, -0.05) is 39.7 Å². The van der Waals surface area contributed by atoms with Gasteiger partial charge in [-0.3, -0.25) is 4.79 Å². The van der Waals surface area contributed by atoms with Crippen LogP contribution in [0.1, 0.15) is 17.0 Å². The summed E-state index contributed by atoms with van der Waals surface area (Å²) in [6.07, 6.45) is 1.59. The molecule has 8 heteroatoms. The molecule has 0 aliphatic carbocycles. The fraction of sp³-hybridized carbons (Fsp3) is 0.125. The molecule has 0 fully saturated rings. The molecule has 0 spiro atoms. The molecule has 3 aromatic carbocycles. The smallest absolute Gasteiger partial charge is 0.282 e. The molecule has 0 amide bonds. The van der Waals surface area contributed by atoms with Gasteiger partial charge >= 0.3 is 0 Å². The molecule has 0 aliphatic rings. The van der Waals surface area contributed by atoms with Crippen molar-refractivity contribution >= 4 is 44.6 Å². The quantitative estimate of drug-likeness (QED) is 0.316. The number of aryl methyl sites for hydroxylation is 1. The highest BCUT2D eigenvalue weighted by molar-refractivity contribution is 9.10. The topological polar surface area (TPSA) is 65.7 Å². The predicted molar refractivity (Wildman–Crippen MR) is 130 cm³/mol. The van der Waals surface area contributed by atoms with Gasteiger partial charge in [-0.25, -0.2) is 4.98 Å². The number of rotatable bonds is 6. The third-order valence-electron chi connectivity index (χ3n) is 4.79. The minimum Gasteiger partial charge on any atom is -0.493 e. The maximum absolute atomic E-state index is 12.9. The van der Waals surface area contributed by atoms with E-state index < -0.39 is 0 Å². The van der Waals surface area contributed by atoms with Crippen LogP contribution in [0, 0.1) is 6.92 Å². The first kappa shape index (κ1) is 22.0. The van der Waals surface area contributed by atoms with Crippen LogP contribution in [0.4, 0.5) is 0 Å². The van der Waals surface area contributed by atoms with Gasteiger partial charge in [0.05, 0.1) is 24.2 Å². The van der Waals surface area contributed by atoms with Crippen LogP contribution in [-0.2, 0) is 6.61 Å². The average Bonchev–Trinajstić information content (AvgIpc) is 2.79. The Hall–Kier alpha value is -3.16. The number of halogens is 2. The lowest BCUT2D eigenvalue weighted by Crippen LogP contribution is -2.20. The highest BCUT2D eigenvalue weighted by Gasteiger charge is 2.09. The molecule has 6 nitrogen and oxygen atoms in total. The van der Waals surface area contributed by atoms with E-state index >= 15 is 0 Å². The summed E-state index contributed by atoms with van der Waals surface area (Å²) in [5, 5.41) is 5.53. The van der Waals surface area contributed by atoms with Gasteiger partial charge in [0.15, 0.2) is 11.5 Å². The Kier molecular flexibility index (Phi) is 6.58. The normalized spacial score (nSPS) is 11.2. The Bertz CT molecular complexity index is 1370. The number of hydrogen-bond donors (Lipinski definition) is 0. The van der Waals surface area contributed by atoms with Crippen molar-refractivity contribution < 1.29 is 9.47 Å². The van der Waals surface area contributed by atoms with Crippen LogP contribution < -0.4 is 15.0 Å². The molecule has 32 heavy (non-hydrogen) atoms. The number of hydrogen-bond acceptors (Lipinski definition) is 5. The molecule has 0 saturated carbocycles. The molecule has 162 valence electrons. The highest BCUT2D eigenvalue weighted by atomic mass is 79.9. The molecule has 0 unspecified atom stereocenters. The van der Waals surface area contributed by atoms with Gasteiger partial charge in [-0.2, -0.15) is 9.78 Å². The average molecular weight is 513 g/mol. The van der Waals surface area contributed by atoms with Crippen molar-refractivity contribution in [3.63, 3.8) is 0 Å². The lowest BCUT2D eigenvalue weighted by Gasteiger charge is -2.11. The lowest BCUT2D eigenvalue weighted by molar-refractivity contribution is 0.284. The van der Waals surface area contributed by atoms with Crippen LogP contribution in [0.3, 0.4) is 0 Å². The third-order valence-corrected chi connectivity index (χ3v) is 5.53. The summed E-state index contributed by atoms with van der Waals surface area (Å²) >= 11 is 9.32. The summed E-state index contributed by atoms with van der Waals surface area (Å²) in [6.45, 7) is 2.13. The Balaban J connectivity index is 1.58. The summed E-state index contributed by atoms with van der Waals surface area (Å²) in [4.78, 5) is 17.3. The predicted octanol–water partition coefficient (Wildman–Crippen LogP) is 5.59. The summed E-state index contributed by atoms with van der Waals surface area (Å²) in [7, 11) is 1.57. The molecular weight excluding hydrogens is 494 g/mol. The molecule has 1 aromatic heterocycles. The van der Waals surface area contributed by atoms with Crippen molar-refractivity contribution in [2.24, 2.45) is 5.10 Å². The van der Waals surface area contributed by atoms with Crippen LogP contribution >= 0.6 is 27.5 Å². The molecule has 4 aromatic rings. The zero-order valence-electron chi connectivity index (χ0n) is 17.4. The van der Waals surface area contributed by atoms with Crippen LogP contribution in [0.25, 0.3) is 10.9 Å². The monoisotopic (exact) mass is 511 g/mol. The number of fused-ring (bicyclic) bond motifs is 1. The molecule has 0 saturated heterocycles. The standard InChI is InChI=1S/C24H19BrClN3O3/c1-15-28-21-9-6-18(25)12-20(21)24(30)29(15)27-13-17-5-10-22(23(11-17)31-2)32-14-16-3-7-19(26)8-4-16/h3-13H,14H2,1-2H3. The van der Waals surface area contributed by atoms with Gasteiger partial charge < -0.3 is 9.47 Å². The summed E-state index contributed by atoms with van der Waals surface area (Å²) in [5.74, 6) is 1.66. The van der Waals surface area contributed by atoms with Crippen molar-refractivity contribution in [3.8, 4) is 11.5 Å². The summed E-state index contributed by atoms with van der Waals surface area (Å²) in [5.41, 5.74) is 2.14. The molecular formula is C24H19BrClN3O3. The van der Waals surface area contributed by atoms with E-state index in [9.17, 15) is 4.79 Å². The van der Waals surface area contributed by atoms with E-state index in [1.54, 1.807) is 38.4 Å². The zero-order chi connectivity index (χ0) is 22.7. The third kappa shape index (κ3) is 4.84. The first-order valence-corrected chi connectivity index (χ1v) is 10.9. The highest BCUT2D eigenvalue weighted by Crippen LogP contribution is 2.28. The van der Waals surface area contributed by atoms with Crippen LogP contribution in [0.2, 0.25) is 5.02 Å². The summed E-state index contributed by atoms with van der Waals surface area (Å²) < 4.78 is 13.4. The van der Waals surface area contributed by atoms with E-state index in [2.05, 4.69) is 26.0 Å². The van der Waals surface area contributed by atoms with Crippen molar-refractivity contribution in [1.82, 2.24) is 9.66 Å². The Labute approximate surface area is 198 Å². The molecule has 0 atom stereocenters. The van der Waals surface area contributed by atoms with Crippen LogP contribution in [0.5, 0.6) is 11.5 Å². The maximum atomic E-state index is 12.9. The van der Waals surface area contributed by atoms with Crippen LogP contribution in [0.15, 0.2) is 75.0 Å². The van der Waals surface area contributed by atoms with Gasteiger partial charge in [0.1, 0.15) is 12.4 Å². The van der Waals surface area contributed by atoms with E-state index in [-0.39, 0.29) is 5.56 Å². The van der Waals surface area contributed by atoms with Gasteiger partial charge in [0.2, 0.25) is 0 Å². The zero-order valence-corrected chi connectivity index (χ0v) is 19.7. The second-order valence-corrected chi connectivity index (χ2v) is 8.36. The fourth-order valence-electron chi connectivity index (χ4n) is 3.15. The molecule has 0 N–H and O–H groups in total. The first-order chi connectivity index (χ1) is 15.4. The second kappa shape index (κ2) is 9.54. The van der Waals surface area contributed by atoms with Gasteiger partial charge in [-0.15, -0.1) is 0 Å². The Morgan fingerprint density at radius 1 is 1.09 bits per heavy atom. The fourth-order valence-corrected chi connectivity index (χ4v) is 3.63. The van der Waals surface area contributed by atoms with E-state index in [4.69, 9.17) is 21.1 Å². The van der Waals surface area contributed by atoms with Crippen molar-refractivity contribution in [2.75, 3.05) is 7.11 Å². The number of benzene rings is 3. The first-order valence-electron chi connectivity index (χ1n) is 9.73. The van der Waals surface area contributed by atoms with Gasteiger partial charge in [0.25, 0.3) is 5.56 Å². The lowest BCUT2D eigenvalue weighted by atomic mass is 10.2. The maximum Gasteiger partial charge on any atom is 0.282 e.